The number of ether oxygens (including phenoxy) is 1. The number of benzene rings is 1. The Morgan fingerprint density at radius 1 is 1.44 bits per heavy atom. The molecule has 0 heterocycles. The molecule has 3 nitrogen and oxygen atoms in total. The summed E-state index contributed by atoms with van der Waals surface area (Å²) in [5.41, 5.74) is 7.71. The third-order valence-electron chi connectivity index (χ3n) is 2.52. The molecule has 0 aliphatic rings. The first kappa shape index (κ1) is 13.3. The molecule has 0 bridgehead atoms. The molecule has 0 amide bonds. The Morgan fingerprint density at radius 3 is 2.75 bits per heavy atom. The predicted octanol–water partition coefficient (Wildman–Crippen LogP) is 1.92. The van der Waals surface area contributed by atoms with E-state index < -0.39 is 0 Å². The van der Waals surface area contributed by atoms with E-state index in [0.717, 1.165) is 29.2 Å². The van der Waals surface area contributed by atoms with Gasteiger partial charge in [-0.1, -0.05) is 17.7 Å². The van der Waals surface area contributed by atoms with E-state index in [2.05, 4.69) is 11.0 Å². The third-order valence-corrected chi connectivity index (χ3v) is 2.87. The number of likely N-dealkylation sites (N-methyl/N-ethyl adjacent to an activating group) is 1. The molecule has 0 radical (unpaired) electrons. The number of anilines is 1. The van der Waals surface area contributed by atoms with Gasteiger partial charge in [-0.05, 0) is 30.7 Å². The van der Waals surface area contributed by atoms with Gasteiger partial charge in [0.25, 0.3) is 0 Å². The zero-order valence-corrected chi connectivity index (χ0v) is 10.6. The maximum absolute atomic E-state index is 6.17. The van der Waals surface area contributed by atoms with Gasteiger partial charge in [0.1, 0.15) is 0 Å². The fraction of sp³-hybridized carbons (Fsp3) is 0.500. The second kappa shape index (κ2) is 6.74. The van der Waals surface area contributed by atoms with E-state index in [1.165, 1.54) is 0 Å². The number of nitrogens with zero attached hydrogens (tertiary/aromatic N) is 1. The third kappa shape index (κ3) is 3.67. The summed E-state index contributed by atoms with van der Waals surface area (Å²) in [7, 11) is 3.72. The van der Waals surface area contributed by atoms with E-state index in [0.29, 0.717) is 13.2 Å². The second-order valence-corrected chi connectivity index (χ2v) is 4.14. The number of hydrogen-bond acceptors (Lipinski definition) is 3. The van der Waals surface area contributed by atoms with E-state index in [4.69, 9.17) is 22.1 Å². The molecule has 2 N–H and O–H groups in total. The fourth-order valence-electron chi connectivity index (χ4n) is 1.49. The van der Waals surface area contributed by atoms with Crippen LogP contribution in [0.4, 0.5) is 5.69 Å². The molecular formula is C12H19ClN2O. The van der Waals surface area contributed by atoms with Crippen molar-refractivity contribution < 1.29 is 4.74 Å². The van der Waals surface area contributed by atoms with Gasteiger partial charge in [-0.15, -0.1) is 0 Å². The van der Waals surface area contributed by atoms with Crippen LogP contribution in [0.3, 0.4) is 0 Å². The zero-order chi connectivity index (χ0) is 12.0. The topological polar surface area (TPSA) is 38.5 Å². The van der Waals surface area contributed by atoms with Crippen molar-refractivity contribution in [1.82, 2.24) is 0 Å². The van der Waals surface area contributed by atoms with E-state index in [-0.39, 0.29) is 0 Å². The average Bonchev–Trinajstić information content (AvgIpc) is 2.29. The summed E-state index contributed by atoms with van der Waals surface area (Å²) in [6.45, 7) is 2.18. The van der Waals surface area contributed by atoms with E-state index >= 15 is 0 Å². The molecule has 0 spiro atoms. The molecule has 0 saturated carbocycles. The minimum atomic E-state index is 0.624. The number of methoxy groups -OCH3 is 1. The molecule has 4 heteroatoms. The quantitative estimate of drug-likeness (QED) is 0.829. The molecule has 0 unspecified atom stereocenters. The Balaban J connectivity index is 2.71. The summed E-state index contributed by atoms with van der Waals surface area (Å²) in [6, 6.07) is 6.07. The van der Waals surface area contributed by atoms with Crippen molar-refractivity contribution in [2.45, 2.75) is 6.42 Å². The van der Waals surface area contributed by atoms with Crippen LogP contribution in [0.25, 0.3) is 0 Å². The average molecular weight is 243 g/mol. The molecule has 1 aromatic carbocycles. The van der Waals surface area contributed by atoms with Crippen molar-refractivity contribution in [1.29, 1.82) is 0 Å². The molecular weight excluding hydrogens is 224 g/mol. The molecule has 1 rings (SSSR count). The van der Waals surface area contributed by atoms with Gasteiger partial charge in [-0.2, -0.15) is 0 Å². The maximum Gasteiger partial charge on any atom is 0.0637 e. The smallest absolute Gasteiger partial charge is 0.0637 e. The molecule has 16 heavy (non-hydrogen) atoms. The van der Waals surface area contributed by atoms with Crippen LogP contribution in [-0.2, 0) is 11.2 Å². The summed E-state index contributed by atoms with van der Waals surface area (Å²) in [5, 5.41) is 0.784. The van der Waals surface area contributed by atoms with Crippen molar-refractivity contribution in [3.8, 4) is 0 Å². The highest BCUT2D eigenvalue weighted by Gasteiger charge is 2.04. The first-order valence-corrected chi connectivity index (χ1v) is 5.75. The first-order valence-electron chi connectivity index (χ1n) is 5.37. The lowest BCUT2D eigenvalue weighted by Crippen LogP contribution is -2.22. The number of halogens is 1. The second-order valence-electron chi connectivity index (χ2n) is 3.73. The van der Waals surface area contributed by atoms with Crippen molar-refractivity contribution in [3.63, 3.8) is 0 Å². The van der Waals surface area contributed by atoms with Crippen LogP contribution in [0.15, 0.2) is 18.2 Å². The highest BCUT2D eigenvalue weighted by Crippen LogP contribution is 2.23. The van der Waals surface area contributed by atoms with Crippen LogP contribution in [0.5, 0.6) is 0 Å². The number of hydrogen-bond donors (Lipinski definition) is 1. The lowest BCUT2D eigenvalue weighted by atomic mass is 10.1. The Labute approximate surface area is 102 Å². The van der Waals surface area contributed by atoms with Crippen LogP contribution in [0, 0.1) is 0 Å². The first-order chi connectivity index (χ1) is 7.69. The standard InChI is InChI=1S/C12H19ClN2O/c1-15(7-8-16-2)11-4-3-10(5-6-14)12(13)9-11/h3-4,9H,5-8,14H2,1-2H3. The van der Waals surface area contributed by atoms with Gasteiger partial charge in [-0.25, -0.2) is 0 Å². The fourth-order valence-corrected chi connectivity index (χ4v) is 1.76. The van der Waals surface area contributed by atoms with Crippen molar-refractivity contribution in [2.24, 2.45) is 5.73 Å². The lowest BCUT2D eigenvalue weighted by Gasteiger charge is -2.19. The highest BCUT2D eigenvalue weighted by atomic mass is 35.5. The van der Waals surface area contributed by atoms with Gasteiger partial charge in [0.2, 0.25) is 0 Å². The van der Waals surface area contributed by atoms with Gasteiger partial charge in [-0.3, -0.25) is 0 Å². The minimum Gasteiger partial charge on any atom is -0.383 e. The molecule has 0 aliphatic heterocycles. The van der Waals surface area contributed by atoms with Crippen LogP contribution < -0.4 is 10.6 Å². The molecule has 1 aromatic rings. The summed E-state index contributed by atoms with van der Waals surface area (Å²) in [4.78, 5) is 2.11. The Hall–Kier alpha value is -0.770. The van der Waals surface area contributed by atoms with Crippen molar-refractivity contribution in [3.05, 3.63) is 28.8 Å². The molecule has 90 valence electrons. The maximum atomic E-state index is 6.17. The van der Waals surface area contributed by atoms with E-state index in [1.54, 1.807) is 7.11 Å². The molecule has 0 fully saturated rings. The van der Waals surface area contributed by atoms with Crippen molar-refractivity contribution >= 4 is 17.3 Å². The van der Waals surface area contributed by atoms with Gasteiger partial charge in [0, 0.05) is 31.4 Å². The Kier molecular flexibility index (Phi) is 5.60. The molecule has 0 aromatic heterocycles. The van der Waals surface area contributed by atoms with Crippen LogP contribution in [0.2, 0.25) is 5.02 Å². The minimum absolute atomic E-state index is 0.624. The largest absolute Gasteiger partial charge is 0.383 e. The normalized spacial score (nSPS) is 10.5. The summed E-state index contributed by atoms with van der Waals surface area (Å²) >= 11 is 6.17. The molecule has 0 saturated heterocycles. The Bertz CT molecular complexity index is 331. The van der Waals surface area contributed by atoms with Gasteiger partial charge < -0.3 is 15.4 Å². The Morgan fingerprint density at radius 2 is 2.19 bits per heavy atom. The predicted molar refractivity (Wildman–Crippen MR) is 69.4 cm³/mol. The van der Waals surface area contributed by atoms with E-state index in [1.807, 2.05) is 19.2 Å². The van der Waals surface area contributed by atoms with E-state index in [9.17, 15) is 0 Å². The van der Waals surface area contributed by atoms with Crippen molar-refractivity contribution in [2.75, 3.05) is 38.8 Å². The summed E-state index contributed by atoms with van der Waals surface area (Å²) < 4.78 is 5.04. The monoisotopic (exact) mass is 242 g/mol. The number of nitrogens with two attached hydrogens (primary N) is 1. The SMILES string of the molecule is COCCN(C)c1ccc(CCN)c(Cl)c1. The summed E-state index contributed by atoms with van der Waals surface area (Å²) in [6.07, 6.45) is 0.820. The molecule has 0 atom stereocenters. The van der Waals surface area contributed by atoms with Gasteiger partial charge in [0.05, 0.1) is 6.61 Å². The number of rotatable bonds is 6. The van der Waals surface area contributed by atoms with Crippen LogP contribution >= 0.6 is 11.6 Å². The highest BCUT2D eigenvalue weighted by molar-refractivity contribution is 6.31. The lowest BCUT2D eigenvalue weighted by molar-refractivity contribution is 0.206. The summed E-state index contributed by atoms with van der Waals surface area (Å²) in [5.74, 6) is 0. The van der Waals surface area contributed by atoms with Crippen LogP contribution in [0.1, 0.15) is 5.56 Å². The van der Waals surface area contributed by atoms with Gasteiger partial charge in [0.15, 0.2) is 0 Å². The van der Waals surface area contributed by atoms with Crippen LogP contribution in [-0.4, -0.2) is 33.9 Å². The van der Waals surface area contributed by atoms with Gasteiger partial charge >= 0.3 is 0 Å². The zero-order valence-electron chi connectivity index (χ0n) is 9.87. The molecule has 0 aliphatic carbocycles.